The zero-order valence-electron chi connectivity index (χ0n) is 10.7. The topological polar surface area (TPSA) is 49.4 Å². The summed E-state index contributed by atoms with van der Waals surface area (Å²) in [5.74, 6) is 1.32. The Labute approximate surface area is 105 Å². The third kappa shape index (κ3) is 4.94. The van der Waals surface area contributed by atoms with E-state index >= 15 is 0 Å². The highest BCUT2D eigenvalue weighted by molar-refractivity contribution is 7.91. The van der Waals surface area contributed by atoms with Crippen LogP contribution in [0.1, 0.15) is 26.2 Å². The van der Waals surface area contributed by atoms with Gasteiger partial charge in [-0.25, -0.2) is 8.42 Å². The lowest BCUT2D eigenvalue weighted by molar-refractivity contribution is 0.250. The van der Waals surface area contributed by atoms with Crippen molar-refractivity contribution >= 4 is 9.84 Å². The van der Waals surface area contributed by atoms with Crippen LogP contribution in [0.15, 0.2) is 0 Å². The molecule has 5 heteroatoms. The highest BCUT2D eigenvalue weighted by atomic mass is 32.2. The molecule has 0 aromatic rings. The van der Waals surface area contributed by atoms with Crippen molar-refractivity contribution in [3.63, 3.8) is 0 Å². The Morgan fingerprint density at radius 3 is 2.76 bits per heavy atom. The molecule has 2 fully saturated rings. The summed E-state index contributed by atoms with van der Waals surface area (Å²) >= 11 is 0. The zero-order chi connectivity index (χ0) is 12.3. The lowest BCUT2D eigenvalue weighted by Gasteiger charge is -2.23. The molecule has 1 N–H and O–H groups in total. The molecule has 1 unspecified atom stereocenters. The maximum absolute atomic E-state index is 11.5. The monoisotopic (exact) mass is 260 g/mol. The van der Waals surface area contributed by atoms with Gasteiger partial charge >= 0.3 is 0 Å². The third-order valence-electron chi connectivity index (χ3n) is 3.55. The number of rotatable bonds is 5. The lowest BCUT2D eigenvalue weighted by atomic mass is 10.1. The summed E-state index contributed by atoms with van der Waals surface area (Å²) in [6.45, 7) is 5.99. The van der Waals surface area contributed by atoms with Crippen LogP contribution in [0.25, 0.3) is 0 Å². The fraction of sp³-hybridized carbons (Fsp3) is 1.00. The predicted molar refractivity (Wildman–Crippen MR) is 69.9 cm³/mol. The highest BCUT2D eigenvalue weighted by Crippen LogP contribution is 2.19. The molecule has 4 nitrogen and oxygen atoms in total. The lowest BCUT2D eigenvalue weighted by Crippen LogP contribution is -2.35. The summed E-state index contributed by atoms with van der Waals surface area (Å²) in [5.41, 5.74) is 0. The summed E-state index contributed by atoms with van der Waals surface area (Å²) in [7, 11) is -2.76. The summed E-state index contributed by atoms with van der Waals surface area (Å²) in [6.07, 6.45) is 3.45. The van der Waals surface area contributed by atoms with Crippen molar-refractivity contribution in [1.82, 2.24) is 10.2 Å². The van der Waals surface area contributed by atoms with E-state index in [-0.39, 0.29) is 0 Å². The second kappa shape index (κ2) is 5.67. The van der Waals surface area contributed by atoms with Gasteiger partial charge in [0.2, 0.25) is 0 Å². The van der Waals surface area contributed by atoms with E-state index in [1.54, 1.807) is 0 Å². The van der Waals surface area contributed by atoms with Crippen LogP contribution < -0.4 is 5.32 Å². The first-order valence-electron chi connectivity index (χ1n) is 6.71. The summed E-state index contributed by atoms with van der Waals surface area (Å²) in [4.78, 5) is 2.31. The van der Waals surface area contributed by atoms with Gasteiger partial charge in [0.25, 0.3) is 0 Å². The molecule has 0 spiro atoms. The van der Waals surface area contributed by atoms with E-state index in [0.717, 1.165) is 38.6 Å². The summed E-state index contributed by atoms with van der Waals surface area (Å²) in [5, 5.41) is 3.53. The molecule has 1 saturated heterocycles. The van der Waals surface area contributed by atoms with Crippen LogP contribution >= 0.6 is 0 Å². The van der Waals surface area contributed by atoms with Crippen molar-refractivity contribution in [2.75, 3.05) is 37.7 Å². The van der Waals surface area contributed by atoms with Gasteiger partial charge in [0.05, 0.1) is 11.5 Å². The van der Waals surface area contributed by atoms with Gasteiger partial charge in [-0.1, -0.05) is 6.92 Å². The molecular formula is C12H24N2O2S. The zero-order valence-corrected chi connectivity index (χ0v) is 11.5. The van der Waals surface area contributed by atoms with Crippen molar-refractivity contribution < 1.29 is 8.42 Å². The van der Waals surface area contributed by atoms with Gasteiger partial charge in [-0.15, -0.1) is 0 Å². The first-order valence-corrected chi connectivity index (χ1v) is 8.53. The molecular weight excluding hydrogens is 236 g/mol. The maximum atomic E-state index is 11.5. The smallest absolute Gasteiger partial charge is 0.151 e. The van der Waals surface area contributed by atoms with Crippen LogP contribution in [-0.4, -0.2) is 57.0 Å². The van der Waals surface area contributed by atoms with E-state index in [1.807, 2.05) is 0 Å². The third-order valence-corrected chi connectivity index (χ3v) is 5.27. The molecule has 100 valence electrons. The van der Waals surface area contributed by atoms with Crippen molar-refractivity contribution in [2.45, 2.75) is 32.2 Å². The molecule has 2 rings (SSSR count). The van der Waals surface area contributed by atoms with E-state index in [2.05, 4.69) is 17.1 Å². The van der Waals surface area contributed by atoms with Crippen molar-refractivity contribution in [3.8, 4) is 0 Å². The Balaban J connectivity index is 1.70. The van der Waals surface area contributed by atoms with E-state index in [0.29, 0.717) is 17.4 Å². The number of hydrogen-bond acceptors (Lipinski definition) is 4. The molecule has 0 aromatic carbocycles. The Bertz CT molecular complexity index is 338. The average molecular weight is 260 g/mol. The Kier molecular flexibility index (Phi) is 4.44. The van der Waals surface area contributed by atoms with Crippen molar-refractivity contribution in [2.24, 2.45) is 5.92 Å². The Morgan fingerprint density at radius 1 is 1.29 bits per heavy atom. The number of sulfone groups is 1. The van der Waals surface area contributed by atoms with Gasteiger partial charge in [-0.3, -0.25) is 0 Å². The minimum Gasteiger partial charge on any atom is -0.314 e. The van der Waals surface area contributed by atoms with Crippen LogP contribution in [0.2, 0.25) is 0 Å². The normalized spacial score (nSPS) is 27.6. The molecule has 1 heterocycles. The van der Waals surface area contributed by atoms with Crippen LogP contribution in [0.3, 0.4) is 0 Å². The van der Waals surface area contributed by atoms with Crippen molar-refractivity contribution in [1.29, 1.82) is 0 Å². The molecule has 0 bridgehead atoms. The second-order valence-electron chi connectivity index (χ2n) is 5.59. The van der Waals surface area contributed by atoms with Gasteiger partial charge in [-0.2, -0.15) is 0 Å². The summed E-state index contributed by atoms with van der Waals surface area (Å²) < 4.78 is 23.0. The SMILES string of the molecule is CC(CNC1CC1)CN1CCCS(=O)(=O)CC1. The Morgan fingerprint density at radius 2 is 2.06 bits per heavy atom. The predicted octanol–water partition coefficient (Wildman–Crippen LogP) is 0.495. The van der Waals surface area contributed by atoms with Gasteiger partial charge in [-0.05, 0) is 38.3 Å². The average Bonchev–Trinajstić information content (AvgIpc) is 3.06. The molecule has 1 saturated carbocycles. The number of nitrogens with zero attached hydrogens (tertiary/aromatic N) is 1. The molecule has 1 aliphatic carbocycles. The first kappa shape index (κ1) is 13.3. The van der Waals surface area contributed by atoms with Crippen LogP contribution in [0, 0.1) is 5.92 Å². The molecule has 0 amide bonds. The standard InChI is InChI=1S/C12H24N2O2S/c1-11(9-13-12-3-4-12)10-14-5-2-7-17(15,16)8-6-14/h11-13H,2-10H2,1H3. The molecule has 2 aliphatic rings. The highest BCUT2D eigenvalue weighted by Gasteiger charge is 2.23. The van der Waals surface area contributed by atoms with Gasteiger partial charge in [0.15, 0.2) is 9.84 Å². The largest absolute Gasteiger partial charge is 0.314 e. The van der Waals surface area contributed by atoms with Crippen LogP contribution in [0.4, 0.5) is 0 Å². The fourth-order valence-electron chi connectivity index (χ4n) is 2.33. The van der Waals surface area contributed by atoms with E-state index in [9.17, 15) is 8.42 Å². The first-order chi connectivity index (χ1) is 8.05. The summed E-state index contributed by atoms with van der Waals surface area (Å²) in [6, 6.07) is 0.766. The van der Waals surface area contributed by atoms with Gasteiger partial charge in [0.1, 0.15) is 0 Å². The van der Waals surface area contributed by atoms with E-state index in [1.165, 1.54) is 12.8 Å². The molecule has 17 heavy (non-hydrogen) atoms. The quantitative estimate of drug-likeness (QED) is 0.782. The Hall–Kier alpha value is -0.130. The minimum absolute atomic E-state index is 0.343. The fourth-order valence-corrected chi connectivity index (χ4v) is 3.64. The maximum Gasteiger partial charge on any atom is 0.151 e. The minimum atomic E-state index is -2.76. The van der Waals surface area contributed by atoms with Crippen LogP contribution in [0.5, 0.6) is 0 Å². The molecule has 0 aromatic heterocycles. The molecule has 1 atom stereocenters. The van der Waals surface area contributed by atoms with E-state index in [4.69, 9.17) is 0 Å². The molecule has 1 aliphatic heterocycles. The second-order valence-corrected chi connectivity index (χ2v) is 7.90. The van der Waals surface area contributed by atoms with E-state index < -0.39 is 9.84 Å². The van der Waals surface area contributed by atoms with Gasteiger partial charge in [0, 0.05) is 19.1 Å². The van der Waals surface area contributed by atoms with Crippen LogP contribution in [-0.2, 0) is 9.84 Å². The van der Waals surface area contributed by atoms with Crippen molar-refractivity contribution in [3.05, 3.63) is 0 Å². The molecule has 0 radical (unpaired) electrons. The number of hydrogen-bond donors (Lipinski definition) is 1. The number of nitrogens with one attached hydrogen (secondary N) is 1. The van der Waals surface area contributed by atoms with Gasteiger partial charge < -0.3 is 10.2 Å².